The van der Waals surface area contributed by atoms with Crippen LogP contribution in [-0.4, -0.2) is 64.0 Å². The molecule has 9 nitrogen and oxygen atoms in total. The van der Waals surface area contributed by atoms with Gasteiger partial charge in [0.25, 0.3) is 11.8 Å². The van der Waals surface area contributed by atoms with Gasteiger partial charge in [-0.15, -0.1) is 0 Å². The van der Waals surface area contributed by atoms with Crippen molar-refractivity contribution in [1.29, 1.82) is 0 Å². The van der Waals surface area contributed by atoms with Gasteiger partial charge in [-0.05, 0) is 56.0 Å². The van der Waals surface area contributed by atoms with Crippen LogP contribution in [0.3, 0.4) is 0 Å². The van der Waals surface area contributed by atoms with Gasteiger partial charge < -0.3 is 20.1 Å². The minimum atomic E-state index is -0.983. The molecule has 192 valence electrons. The molecule has 37 heavy (non-hydrogen) atoms. The van der Waals surface area contributed by atoms with Gasteiger partial charge in [0.2, 0.25) is 0 Å². The number of aromatic carboxylic acids is 1. The van der Waals surface area contributed by atoms with Crippen molar-refractivity contribution in [2.75, 3.05) is 26.2 Å². The highest BCUT2D eigenvalue weighted by molar-refractivity contribution is 5.95. The van der Waals surface area contributed by atoms with Crippen LogP contribution in [0.4, 0.5) is 0 Å². The number of rotatable bonds is 9. The average molecular weight is 503 g/mol. The van der Waals surface area contributed by atoms with Gasteiger partial charge in [0.1, 0.15) is 11.6 Å². The maximum Gasteiger partial charge on any atom is 0.335 e. The predicted molar refractivity (Wildman–Crippen MR) is 137 cm³/mol. The molecule has 0 bridgehead atoms. The average Bonchev–Trinajstić information content (AvgIpc) is 2.92. The Morgan fingerprint density at radius 3 is 2.57 bits per heavy atom. The molecule has 0 aliphatic carbocycles. The largest absolute Gasteiger partial charge is 0.484 e. The fourth-order valence-corrected chi connectivity index (χ4v) is 4.40. The van der Waals surface area contributed by atoms with E-state index in [1.165, 1.54) is 6.07 Å². The van der Waals surface area contributed by atoms with E-state index in [-0.39, 0.29) is 29.9 Å². The van der Waals surface area contributed by atoms with Crippen molar-refractivity contribution < 1.29 is 24.2 Å². The summed E-state index contributed by atoms with van der Waals surface area (Å²) >= 11 is 0. The summed E-state index contributed by atoms with van der Waals surface area (Å²) in [6, 6.07) is 15.9. The maximum absolute atomic E-state index is 13.0. The van der Waals surface area contributed by atoms with Gasteiger partial charge in [0.15, 0.2) is 6.61 Å². The Balaban J connectivity index is 1.33. The summed E-state index contributed by atoms with van der Waals surface area (Å²) in [7, 11) is 0. The first-order chi connectivity index (χ1) is 17.9. The Kier molecular flexibility index (Phi) is 8.45. The van der Waals surface area contributed by atoms with Crippen LogP contribution in [-0.2, 0) is 11.2 Å². The van der Waals surface area contributed by atoms with Crippen LogP contribution in [0.2, 0.25) is 0 Å². The number of ether oxygens (including phenoxy) is 1. The van der Waals surface area contributed by atoms with Crippen LogP contribution in [0.25, 0.3) is 0 Å². The first kappa shape index (κ1) is 25.8. The number of aromatic nitrogens is 2. The minimum absolute atomic E-state index is 0.00960. The van der Waals surface area contributed by atoms with Gasteiger partial charge in [-0.1, -0.05) is 30.3 Å². The van der Waals surface area contributed by atoms with E-state index in [2.05, 4.69) is 15.3 Å². The molecule has 2 aromatic carbocycles. The first-order valence-corrected chi connectivity index (χ1v) is 12.3. The molecule has 0 unspecified atom stereocenters. The van der Waals surface area contributed by atoms with Crippen molar-refractivity contribution >= 4 is 17.8 Å². The summed E-state index contributed by atoms with van der Waals surface area (Å²) in [6.07, 6.45) is 3.44. The van der Waals surface area contributed by atoms with Crippen LogP contribution in [0.15, 0.2) is 60.8 Å². The third kappa shape index (κ3) is 6.91. The van der Waals surface area contributed by atoms with Crippen molar-refractivity contribution in [2.24, 2.45) is 0 Å². The zero-order chi connectivity index (χ0) is 26.2. The number of amides is 2. The molecule has 9 heteroatoms. The Bertz CT molecular complexity index is 1260. The lowest BCUT2D eigenvalue weighted by atomic mass is 9.90. The lowest BCUT2D eigenvalue weighted by molar-refractivity contribution is -0.134. The van der Waals surface area contributed by atoms with Gasteiger partial charge in [0, 0.05) is 31.7 Å². The topological polar surface area (TPSA) is 122 Å². The highest BCUT2D eigenvalue weighted by Gasteiger charge is 2.28. The molecule has 1 aliphatic rings. The highest BCUT2D eigenvalue weighted by Crippen LogP contribution is 2.29. The molecule has 2 amide bonds. The summed E-state index contributed by atoms with van der Waals surface area (Å²) in [5.41, 5.74) is 2.18. The highest BCUT2D eigenvalue weighted by atomic mass is 16.5. The Labute approximate surface area is 215 Å². The standard InChI is InChI=1S/C28H30N4O5/c1-19-30-17-24(27(34)29-13-10-20-6-5-7-22(16-20)28(35)36)26(31-19)21-11-14-32(15-12-21)25(33)18-37-23-8-3-2-4-9-23/h2-9,16-17,21H,10-15,18H2,1H3,(H,29,34)(H,35,36). The van der Waals surface area contributed by atoms with Crippen LogP contribution < -0.4 is 10.1 Å². The smallest absolute Gasteiger partial charge is 0.335 e. The molecule has 0 radical (unpaired) electrons. The van der Waals surface area contributed by atoms with E-state index in [0.29, 0.717) is 61.7 Å². The number of para-hydroxylation sites is 1. The molecule has 4 rings (SSSR count). The van der Waals surface area contributed by atoms with Crippen LogP contribution in [0.1, 0.15) is 56.6 Å². The number of hydrogen-bond donors (Lipinski definition) is 2. The predicted octanol–water partition coefficient (Wildman–Crippen LogP) is 3.24. The van der Waals surface area contributed by atoms with Crippen molar-refractivity contribution in [1.82, 2.24) is 20.2 Å². The quantitative estimate of drug-likeness (QED) is 0.461. The molecule has 0 atom stereocenters. The Morgan fingerprint density at radius 1 is 1.08 bits per heavy atom. The SMILES string of the molecule is Cc1ncc(C(=O)NCCc2cccc(C(=O)O)c2)c(C2CCN(C(=O)COc3ccccc3)CC2)n1. The van der Waals surface area contributed by atoms with E-state index in [9.17, 15) is 14.4 Å². The molecule has 1 aliphatic heterocycles. The number of nitrogens with one attached hydrogen (secondary N) is 1. The lowest BCUT2D eigenvalue weighted by Crippen LogP contribution is -2.41. The third-order valence-corrected chi connectivity index (χ3v) is 6.40. The Morgan fingerprint density at radius 2 is 1.84 bits per heavy atom. The van der Waals surface area contributed by atoms with Crippen molar-refractivity contribution in [3.05, 3.63) is 89.0 Å². The number of carboxylic acid groups (broad SMARTS) is 1. The number of likely N-dealkylation sites (tertiary alicyclic amines) is 1. The summed E-state index contributed by atoms with van der Waals surface area (Å²) in [6.45, 7) is 3.26. The van der Waals surface area contributed by atoms with E-state index < -0.39 is 5.97 Å². The molecule has 1 aromatic heterocycles. The second-order valence-corrected chi connectivity index (χ2v) is 8.98. The van der Waals surface area contributed by atoms with Gasteiger partial charge in [-0.25, -0.2) is 14.8 Å². The van der Waals surface area contributed by atoms with E-state index >= 15 is 0 Å². The summed E-state index contributed by atoms with van der Waals surface area (Å²) in [4.78, 5) is 47.4. The fourth-order valence-electron chi connectivity index (χ4n) is 4.40. The second kappa shape index (κ2) is 12.1. The molecule has 2 heterocycles. The van der Waals surface area contributed by atoms with Gasteiger partial charge >= 0.3 is 5.97 Å². The summed E-state index contributed by atoms with van der Waals surface area (Å²) in [5, 5.41) is 12.1. The van der Waals surface area contributed by atoms with E-state index in [4.69, 9.17) is 9.84 Å². The molecular weight excluding hydrogens is 472 g/mol. The van der Waals surface area contributed by atoms with Gasteiger partial charge in [0.05, 0.1) is 16.8 Å². The summed E-state index contributed by atoms with van der Waals surface area (Å²) in [5.74, 6) is -0.0258. The summed E-state index contributed by atoms with van der Waals surface area (Å²) < 4.78 is 5.59. The first-order valence-electron chi connectivity index (χ1n) is 12.3. The van der Waals surface area contributed by atoms with Crippen molar-refractivity contribution in [3.8, 4) is 5.75 Å². The van der Waals surface area contributed by atoms with Crippen LogP contribution >= 0.6 is 0 Å². The van der Waals surface area contributed by atoms with Crippen LogP contribution in [0.5, 0.6) is 5.75 Å². The molecule has 0 spiro atoms. The number of hydrogen-bond acceptors (Lipinski definition) is 6. The van der Waals surface area contributed by atoms with E-state index in [1.54, 1.807) is 30.2 Å². The monoisotopic (exact) mass is 502 g/mol. The number of benzene rings is 2. The number of piperidine rings is 1. The number of nitrogens with zero attached hydrogens (tertiary/aromatic N) is 3. The van der Waals surface area contributed by atoms with Crippen molar-refractivity contribution in [2.45, 2.75) is 32.1 Å². The molecule has 1 saturated heterocycles. The zero-order valence-electron chi connectivity index (χ0n) is 20.7. The molecule has 3 aromatic rings. The Hall–Kier alpha value is -4.27. The third-order valence-electron chi connectivity index (χ3n) is 6.40. The number of carbonyl (C=O) groups excluding carboxylic acids is 2. The zero-order valence-corrected chi connectivity index (χ0v) is 20.7. The number of aryl methyl sites for hydroxylation is 1. The van der Waals surface area contributed by atoms with Gasteiger partial charge in [-0.2, -0.15) is 0 Å². The molecule has 1 fully saturated rings. The van der Waals surface area contributed by atoms with Gasteiger partial charge in [-0.3, -0.25) is 9.59 Å². The van der Waals surface area contributed by atoms with Crippen molar-refractivity contribution in [3.63, 3.8) is 0 Å². The lowest BCUT2D eigenvalue weighted by Gasteiger charge is -2.32. The number of carbonyl (C=O) groups is 3. The minimum Gasteiger partial charge on any atom is -0.484 e. The molecule has 0 saturated carbocycles. The van der Waals surface area contributed by atoms with Crippen LogP contribution in [0, 0.1) is 6.92 Å². The number of carboxylic acids is 1. The maximum atomic E-state index is 13.0. The van der Waals surface area contributed by atoms with E-state index in [1.807, 2.05) is 36.4 Å². The molecular formula is C28H30N4O5. The fraction of sp³-hybridized carbons (Fsp3) is 0.321. The van der Waals surface area contributed by atoms with E-state index in [0.717, 1.165) is 5.56 Å². The normalized spacial score (nSPS) is 13.7. The second-order valence-electron chi connectivity index (χ2n) is 8.98. The molecule has 2 N–H and O–H groups in total.